The molecule has 5 heteroatoms. The van der Waals surface area contributed by atoms with Gasteiger partial charge in [0.15, 0.2) is 0 Å². The van der Waals surface area contributed by atoms with E-state index in [0.717, 1.165) is 0 Å². The standard InChI is InChI=1S/C10H20N2O3/c1-2-8(9(11)14)12-10(7-13)3-5-15-6-4-10/h8,12-13H,2-7H2,1H3,(H2,11,14). The molecular weight excluding hydrogens is 196 g/mol. The molecule has 0 saturated carbocycles. The zero-order chi connectivity index (χ0) is 11.3. The Balaban J connectivity index is 2.61. The molecule has 1 amide bonds. The number of carbonyl (C=O) groups is 1. The third-order valence-corrected chi connectivity index (χ3v) is 2.98. The van der Waals surface area contributed by atoms with Gasteiger partial charge in [-0.3, -0.25) is 10.1 Å². The van der Waals surface area contributed by atoms with Crippen molar-refractivity contribution in [2.45, 2.75) is 37.8 Å². The normalized spacial score (nSPS) is 22.3. The second kappa shape index (κ2) is 5.44. The van der Waals surface area contributed by atoms with Crippen molar-refractivity contribution in [2.75, 3.05) is 19.8 Å². The zero-order valence-corrected chi connectivity index (χ0v) is 9.16. The number of hydrogen-bond donors (Lipinski definition) is 3. The summed E-state index contributed by atoms with van der Waals surface area (Å²) in [6, 6.07) is -0.366. The van der Waals surface area contributed by atoms with E-state index in [1.807, 2.05) is 6.92 Å². The van der Waals surface area contributed by atoms with Crippen LogP contribution in [0.5, 0.6) is 0 Å². The fourth-order valence-corrected chi connectivity index (χ4v) is 1.85. The first-order valence-electron chi connectivity index (χ1n) is 5.39. The number of rotatable bonds is 5. The van der Waals surface area contributed by atoms with E-state index in [1.54, 1.807) is 0 Å². The SMILES string of the molecule is CCC(NC1(CO)CCOCC1)C(N)=O. The van der Waals surface area contributed by atoms with Crippen LogP contribution in [0, 0.1) is 0 Å². The van der Waals surface area contributed by atoms with Crippen LogP contribution in [0.25, 0.3) is 0 Å². The summed E-state index contributed by atoms with van der Waals surface area (Å²) in [4.78, 5) is 11.1. The lowest BCUT2D eigenvalue weighted by Gasteiger charge is -2.38. The molecule has 4 N–H and O–H groups in total. The first kappa shape index (κ1) is 12.4. The summed E-state index contributed by atoms with van der Waals surface area (Å²) in [5, 5.41) is 12.6. The minimum absolute atomic E-state index is 0.0140. The topological polar surface area (TPSA) is 84.6 Å². The van der Waals surface area contributed by atoms with Gasteiger partial charge in [0.25, 0.3) is 0 Å². The second-order valence-electron chi connectivity index (χ2n) is 4.06. The van der Waals surface area contributed by atoms with Crippen LogP contribution in [0.3, 0.4) is 0 Å². The minimum atomic E-state index is -0.395. The van der Waals surface area contributed by atoms with Gasteiger partial charge in [0.2, 0.25) is 5.91 Å². The van der Waals surface area contributed by atoms with Gasteiger partial charge in [-0.1, -0.05) is 6.92 Å². The average molecular weight is 216 g/mol. The van der Waals surface area contributed by atoms with Gasteiger partial charge in [0, 0.05) is 18.8 Å². The van der Waals surface area contributed by atoms with Gasteiger partial charge >= 0.3 is 0 Å². The third kappa shape index (κ3) is 3.15. The number of aliphatic hydroxyl groups is 1. The van der Waals surface area contributed by atoms with Crippen LogP contribution in [0.2, 0.25) is 0 Å². The molecule has 1 aliphatic heterocycles. The molecule has 0 aromatic rings. The van der Waals surface area contributed by atoms with E-state index in [-0.39, 0.29) is 18.6 Å². The summed E-state index contributed by atoms with van der Waals surface area (Å²) in [5.74, 6) is -0.364. The summed E-state index contributed by atoms with van der Waals surface area (Å²) in [6.45, 7) is 3.14. The number of primary amides is 1. The van der Waals surface area contributed by atoms with Crippen LogP contribution in [0.1, 0.15) is 26.2 Å². The molecule has 1 atom stereocenters. The maximum atomic E-state index is 11.1. The average Bonchev–Trinajstić information content (AvgIpc) is 2.27. The molecule has 1 aliphatic rings. The first-order chi connectivity index (χ1) is 7.13. The minimum Gasteiger partial charge on any atom is -0.394 e. The van der Waals surface area contributed by atoms with Crippen molar-refractivity contribution < 1.29 is 14.6 Å². The van der Waals surface area contributed by atoms with Crippen LogP contribution in [0.4, 0.5) is 0 Å². The van der Waals surface area contributed by atoms with E-state index >= 15 is 0 Å². The lowest BCUT2D eigenvalue weighted by molar-refractivity contribution is -0.121. The molecule has 15 heavy (non-hydrogen) atoms. The number of nitrogens with two attached hydrogens (primary N) is 1. The molecule has 5 nitrogen and oxygen atoms in total. The highest BCUT2D eigenvalue weighted by molar-refractivity contribution is 5.79. The van der Waals surface area contributed by atoms with Crippen LogP contribution < -0.4 is 11.1 Å². The summed E-state index contributed by atoms with van der Waals surface area (Å²) in [6.07, 6.45) is 2.07. The monoisotopic (exact) mass is 216 g/mol. The maximum absolute atomic E-state index is 11.1. The number of nitrogens with one attached hydrogen (secondary N) is 1. The van der Waals surface area contributed by atoms with Crippen molar-refractivity contribution in [1.82, 2.24) is 5.32 Å². The van der Waals surface area contributed by atoms with Crippen molar-refractivity contribution in [3.05, 3.63) is 0 Å². The number of carbonyl (C=O) groups excluding carboxylic acids is 1. The highest BCUT2D eigenvalue weighted by atomic mass is 16.5. The number of aliphatic hydroxyl groups excluding tert-OH is 1. The van der Waals surface area contributed by atoms with Crippen molar-refractivity contribution >= 4 is 5.91 Å². The summed E-state index contributed by atoms with van der Waals surface area (Å²) in [7, 11) is 0. The second-order valence-corrected chi connectivity index (χ2v) is 4.06. The number of hydrogen-bond acceptors (Lipinski definition) is 4. The number of ether oxygens (including phenoxy) is 1. The van der Waals surface area contributed by atoms with E-state index in [1.165, 1.54) is 0 Å². The molecule has 1 saturated heterocycles. The molecule has 0 bridgehead atoms. The predicted octanol–water partition coefficient (Wildman–Crippen LogP) is -0.619. The largest absolute Gasteiger partial charge is 0.394 e. The molecule has 0 aromatic carbocycles. The Hall–Kier alpha value is -0.650. The van der Waals surface area contributed by atoms with Gasteiger partial charge in [0.1, 0.15) is 0 Å². The van der Waals surface area contributed by atoms with Gasteiger partial charge in [-0.2, -0.15) is 0 Å². The van der Waals surface area contributed by atoms with Gasteiger partial charge in [-0.15, -0.1) is 0 Å². The van der Waals surface area contributed by atoms with Crippen molar-refractivity contribution in [3.63, 3.8) is 0 Å². The lowest BCUT2D eigenvalue weighted by Crippen LogP contribution is -2.58. The fourth-order valence-electron chi connectivity index (χ4n) is 1.85. The van der Waals surface area contributed by atoms with Crippen LogP contribution >= 0.6 is 0 Å². The Kier molecular flexibility index (Phi) is 4.50. The molecule has 1 heterocycles. The fraction of sp³-hybridized carbons (Fsp3) is 0.900. The molecular formula is C10H20N2O3. The molecule has 1 rings (SSSR count). The quantitative estimate of drug-likeness (QED) is 0.572. The highest BCUT2D eigenvalue weighted by Crippen LogP contribution is 2.21. The number of amides is 1. The third-order valence-electron chi connectivity index (χ3n) is 2.98. The van der Waals surface area contributed by atoms with Gasteiger partial charge in [-0.05, 0) is 19.3 Å². The van der Waals surface area contributed by atoms with E-state index in [4.69, 9.17) is 10.5 Å². The smallest absolute Gasteiger partial charge is 0.234 e. The van der Waals surface area contributed by atoms with Gasteiger partial charge in [-0.25, -0.2) is 0 Å². The van der Waals surface area contributed by atoms with Gasteiger partial charge < -0.3 is 15.6 Å². The van der Waals surface area contributed by atoms with Crippen LogP contribution in [-0.4, -0.2) is 42.4 Å². The molecule has 0 aliphatic carbocycles. The Bertz CT molecular complexity index is 215. The Morgan fingerprint density at radius 2 is 2.20 bits per heavy atom. The van der Waals surface area contributed by atoms with Gasteiger partial charge in [0.05, 0.1) is 12.6 Å². The molecule has 0 radical (unpaired) electrons. The van der Waals surface area contributed by atoms with E-state index in [0.29, 0.717) is 32.5 Å². The van der Waals surface area contributed by atoms with E-state index in [2.05, 4.69) is 5.32 Å². The molecule has 1 fully saturated rings. The van der Waals surface area contributed by atoms with Crippen molar-refractivity contribution in [1.29, 1.82) is 0 Å². The molecule has 1 unspecified atom stereocenters. The lowest BCUT2D eigenvalue weighted by atomic mass is 9.89. The molecule has 0 aromatic heterocycles. The summed E-state index contributed by atoms with van der Waals surface area (Å²) < 4.78 is 5.23. The Morgan fingerprint density at radius 1 is 1.60 bits per heavy atom. The zero-order valence-electron chi connectivity index (χ0n) is 9.16. The maximum Gasteiger partial charge on any atom is 0.234 e. The van der Waals surface area contributed by atoms with E-state index < -0.39 is 5.54 Å². The molecule has 88 valence electrons. The molecule has 0 spiro atoms. The van der Waals surface area contributed by atoms with Crippen LogP contribution in [-0.2, 0) is 9.53 Å². The predicted molar refractivity (Wildman–Crippen MR) is 56.3 cm³/mol. The highest BCUT2D eigenvalue weighted by Gasteiger charge is 2.34. The Morgan fingerprint density at radius 3 is 2.60 bits per heavy atom. The Labute approximate surface area is 90.0 Å². The first-order valence-corrected chi connectivity index (χ1v) is 5.39. The van der Waals surface area contributed by atoms with Crippen molar-refractivity contribution in [3.8, 4) is 0 Å². The van der Waals surface area contributed by atoms with E-state index in [9.17, 15) is 9.90 Å². The van der Waals surface area contributed by atoms with Crippen LogP contribution in [0.15, 0.2) is 0 Å². The summed E-state index contributed by atoms with van der Waals surface area (Å²) >= 11 is 0. The van der Waals surface area contributed by atoms with Crippen molar-refractivity contribution in [2.24, 2.45) is 5.73 Å². The summed E-state index contributed by atoms with van der Waals surface area (Å²) in [5.41, 5.74) is 4.87.